The van der Waals surface area contributed by atoms with Crippen molar-refractivity contribution in [3.8, 4) is 0 Å². The Morgan fingerprint density at radius 1 is 1.48 bits per heavy atom. The third-order valence-corrected chi connectivity index (χ3v) is 5.73. The second-order valence-corrected chi connectivity index (χ2v) is 7.98. The van der Waals surface area contributed by atoms with E-state index in [4.69, 9.17) is 0 Å². The van der Waals surface area contributed by atoms with Crippen LogP contribution in [0.3, 0.4) is 0 Å². The number of aliphatic hydroxyl groups is 1. The lowest BCUT2D eigenvalue weighted by molar-refractivity contribution is -0.00787. The van der Waals surface area contributed by atoms with Crippen LogP contribution in [0.5, 0.6) is 0 Å². The summed E-state index contributed by atoms with van der Waals surface area (Å²) in [5.41, 5.74) is -0.122. The van der Waals surface area contributed by atoms with Crippen LogP contribution in [0.15, 0.2) is 22.7 Å². The minimum Gasteiger partial charge on any atom is -0.388 e. The summed E-state index contributed by atoms with van der Waals surface area (Å²) < 4.78 is 1.80. The number of nitrogens with one attached hydrogen (secondary N) is 1. The molecule has 1 aromatic rings. The second kappa shape index (κ2) is 7.42. The first-order valence-electron chi connectivity index (χ1n) is 7.39. The first-order valence-corrected chi connectivity index (χ1v) is 9.26. The van der Waals surface area contributed by atoms with Crippen molar-refractivity contribution in [3.05, 3.63) is 31.8 Å². The highest BCUT2D eigenvalue weighted by Gasteiger charge is 2.33. The fourth-order valence-electron chi connectivity index (χ4n) is 2.81. The largest absolute Gasteiger partial charge is 0.388 e. The molecule has 1 aliphatic rings. The molecule has 1 aliphatic carbocycles. The molecule has 1 aromatic carbocycles. The maximum Gasteiger partial charge on any atom is 0.252 e. The first-order chi connectivity index (χ1) is 9.93. The summed E-state index contributed by atoms with van der Waals surface area (Å²) in [7, 11) is 0. The van der Waals surface area contributed by atoms with E-state index in [1.165, 1.54) is 6.42 Å². The van der Waals surface area contributed by atoms with Crippen LogP contribution >= 0.6 is 38.5 Å². The molecule has 0 spiro atoms. The quantitative estimate of drug-likeness (QED) is 0.657. The Bertz CT molecular complexity index is 513. The van der Waals surface area contributed by atoms with Gasteiger partial charge in [-0.3, -0.25) is 4.79 Å². The predicted octanol–water partition coefficient (Wildman–Crippen LogP) is 4.11. The molecule has 21 heavy (non-hydrogen) atoms. The summed E-state index contributed by atoms with van der Waals surface area (Å²) in [6, 6.07) is 5.66. The molecule has 0 aromatic heterocycles. The lowest BCUT2D eigenvalue weighted by atomic mass is 9.78. The Balaban J connectivity index is 1.93. The van der Waals surface area contributed by atoms with Gasteiger partial charge in [0.25, 0.3) is 5.91 Å². The van der Waals surface area contributed by atoms with Crippen LogP contribution in [0.1, 0.15) is 49.4 Å². The minimum atomic E-state index is -0.740. The fourth-order valence-corrected chi connectivity index (χ4v) is 3.73. The molecule has 0 heterocycles. The lowest BCUT2D eigenvalue weighted by Crippen LogP contribution is -2.45. The molecule has 0 atom stereocenters. The van der Waals surface area contributed by atoms with E-state index in [0.29, 0.717) is 12.1 Å². The van der Waals surface area contributed by atoms with Crippen molar-refractivity contribution < 1.29 is 9.90 Å². The van der Waals surface area contributed by atoms with Gasteiger partial charge in [-0.1, -0.05) is 13.3 Å². The molecule has 2 N–H and O–H groups in total. The van der Waals surface area contributed by atoms with E-state index >= 15 is 0 Å². The molecule has 0 unspecified atom stereocenters. The van der Waals surface area contributed by atoms with Crippen LogP contribution in [0.4, 0.5) is 0 Å². The number of amides is 1. The molecule has 1 amide bonds. The average Bonchev–Trinajstić information content (AvgIpc) is 2.48. The van der Waals surface area contributed by atoms with Crippen molar-refractivity contribution >= 4 is 44.4 Å². The lowest BCUT2D eigenvalue weighted by Gasteiger charge is -2.35. The number of halogens is 2. The second-order valence-electron chi connectivity index (χ2n) is 5.88. The normalized spacial score (nSPS) is 25.6. The topological polar surface area (TPSA) is 49.3 Å². The van der Waals surface area contributed by atoms with Crippen molar-refractivity contribution in [3.63, 3.8) is 0 Å². The van der Waals surface area contributed by atoms with Crippen molar-refractivity contribution in [2.24, 2.45) is 5.92 Å². The summed E-state index contributed by atoms with van der Waals surface area (Å²) in [6.45, 7) is 2.53. The van der Waals surface area contributed by atoms with Crippen molar-refractivity contribution in [2.75, 3.05) is 6.54 Å². The number of hydrogen-bond acceptors (Lipinski definition) is 2. The molecule has 2 rings (SSSR count). The zero-order valence-corrected chi connectivity index (χ0v) is 15.9. The Hall–Kier alpha value is -0.140. The first kappa shape index (κ1) is 17.2. The van der Waals surface area contributed by atoms with Gasteiger partial charge in [0.15, 0.2) is 0 Å². The zero-order chi connectivity index (χ0) is 15.5. The Kier molecular flexibility index (Phi) is 6.08. The maximum absolute atomic E-state index is 12.3. The van der Waals surface area contributed by atoms with Gasteiger partial charge in [-0.15, -0.1) is 0 Å². The van der Waals surface area contributed by atoms with Crippen molar-refractivity contribution in [2.45, 2.75) is 44.6 Å². The maximum atomic E-state index is 12.3. The minimum absolute atomic E-state index is 0.133. The van der Waals surface area contributed by atoms with E-state index in [1.807, 2.05) is 18.2 Å². The van der Waals surface area contributed by atoms with Gasteiger partial charge < -0.3 is 10.4 Å². The van der Waals surface area contributed by atoms with Gasteiger partial charge >= 0.3 is 0 Å². The number of benzene rings is 1. The monoisotopic (exact) mass is 465 g/mol. The van der Waals surface area contributed by atoms with Gasteiger partial charge in [0.1, 0.15) is 0 Å². The summed E-state index contributed by atoms with van der Waals surface area (Å²) in [5, 5.41) is 13.5. The summed E-state index contributed by atoms with van der Waals surface area (Å²) in [6.07, 6.45) is 4.84. The molecule has 0 saturated heterocycles. The van der Waals surface area contributed by atoms with E-state index in [1.54, 1.807) is 0 Å². The Morgan fingerprint density at radius 2 is 2.14 bits per heavy atom. The molecule has 0 aliphatic heterocycles. The molecule has 116 valence electrons. The molecular weight excluding hydrogens is 445 g/mol. The Labute approximate surface area is 148 Å². The van der Waals surface area contributed by atoms with Gasteiger partial charge in [0.2, 0.25) is 0 Å². The van der Waals surface area contributed by atoms with Crippen LogP contribution in [0, 0.1) is 9.49 Å². The molecular formula is C16H21BrINO2. The third kappa shape index (κ3) is 4.66. The predicted molar refractivity (Wildman–Crippen MR) is 96.4 cm³/mol. The van der Waals surface area contributed by atoms with Crippen LogP contribution in [-0.2, 0) is 0 Å². The summed E-state index contributed by atoms with van der Waals surface area (Å²) >= 11 is 5.59. The van der Waals surface area contributed by atoms with Gasteiger partial charge in [-0.05, 0) is 88.3 Å². The van der Waals surface area contributed by atoms with E-state index in [2.05, 4.69) is 50.8 Å². The SMILES string of the molecule is CCC1CCC(O)(CNC(=O)c2cc(I)ccc2Br)CC1. The van der Waals surface area contributed by atoms with E-state index in [9.17, 15) is 9.90 Å². The highest BCUT2D eigenvalue weighted by Crippen LogP contribution is 2.33. The number of carbonyl (C=O) groups excluding carboxylic acids is 1. The highest BCUT2D eigenvalue weighted by atomic mass is 127. The van der Waals surface area contributed by atoms with Crippen LogP contribution in [-0.4, -0.2) is 23.2 Å². The molecule has 0 bridgehead atoms. The molecule has 1 saturated carbocycles. The molecule has 5 heteroatoms. The van der Waals surface area contributed by atoms with Gasteiger partial charge in [-0.25, -0.2) is 0 Å². The molecule has 0 radical (unpaired) electrons. The van der Waals surface area contributed by atoms with Crippen molar-refractivity contribution in [1.29, 1.82) is 0 Å². The van der Waals surface area contributed by atoms with E-state index in [-0.39, 0.29) is 5.91 Å². The standard InChI is InChI=1S/C16H21BrINO2/c1-2-11-5-7-16(21,8-6-11)10-19-15(20)13-9-12(18)3-4-14(13)17/h3-4,9,11,21H,2,5-8,10H2,1H3,(H,19,20). The third-order valence-electron chi connectivity index (χ3n) is 4.36. The van der Waals surface area contributed by atoms with Crippen molar-refractivity contribution in [1.82, 2.24) is 5.32 Å². The van der Waals surface area contributed by atoms with Crippen LogP contribution in [0.2, 0.25) is 0 Å². The van der Waals surface area contributed by atoms with Crippen LogP contribution < -0.4 is 5.32 Å². The number of hydrogen-bond donors (Lipinski definition) is 2. The fraction of sp³-hybridized carbons (Fsp3) is 0.562. The number of rotatable bonds is 4. The van der Waals surface area contributed by atoms with Crippen LogP contribution in [0.25, 0.3) is 0 Å². The van der Waals surface area contributed by atoms with Gasteiger partial charge in [0, 0.05) is 14.6 Å². The Morgan fingerprint density at radius 3 is 2.76 bits per heavy atom. The molecule has 3 nitrogen and oxygen atoms in total. The average molecular weight is 466 g/mol. The molecule has 1 fully saturated rings. The number of carbonyl (C=O) groups is 1. The van der Waals surface area contributed by atoms with E-state index in [0.717, 1.165) is 39.6 Å². The zero-order valence-electron chi connectivity index (χ0n) is 12.2. The summed E-state index contributed by atoms with van der Waals surface area (Å²) in [5.74, 6) is 0.595. The highest BCUT2D eigenvalue weighted by molar-refractivity contribution is 14.1. The van der Waals surface area contributed by atoms with Gasteiger partial charge in [0.05, 0.1) is 11.2 Å². The van der Waals surface area contributed by atoms with Gasteiger partial charge in [-0.2, -0.15) is 0 Å². The summed E-state index contributed by atoms with van der Waals surface area (Å²) in [4.78, 5) is 12.3. The van der Waals surface area contributed by atoms with E-state index < -0.39 is 5.60 Å². The smallest absolute Gasteiger partial charge is 0.252 e.